The SMILES string of the molecule is COCCOCCCCCC(=O)COCCOCCNC(=O)CCCCC(=O)CCCCCCCCCCCCCCCCC(=O)O. The molecule has 0 aliphatic heterocycles. The van der Waals surface area contributed by atoms with Crippen molar-refractivity contribution in [2.24, 2.45) is 0 Å². The molecule has 0 aromatic rings. The van der Waals surface area contributed by atoms with E-state index in [2.05, 4.69) is 5.32 Å². The van der Waals surface area contributed by atoms with Gasteiger partial charge in [0, 0.05) is 52.4 Å². The lowest BCUT2D eigenvalue weighted by Crippen LogP contribution is -2.27. The third-order valence-electron chi connectivity index (χ3n) is 8.09. The Hall–Kier alpha value is -1.88. The van der Waals surface area contributed by atoms with E-state index >= 15 is 0 Å². The van der Waals surface area contributed by atoms with Crippen LogP contribution in [0.25, 0.3) is 0 Å². The van der Waals surface area contributed by atoms with Gasteiger partial charge in [-0.2, -0.15) is 0 Å². The first-order valence-corrected chi connectivity index (χ1v) is 18.7. The summed E-state index contributed by atoms with van der Waals surface area (Å²) < 4.78 is 21.1. The predicted molar refractivity (Wildman–Crippen MR) is 186 cm³/mol. The van der Waals surface area contributed by atoms with E-state index in [0.29, 0.717) is 84.1 Å². The fourth-order valence-electron chi connectivity index (χ4n) is 5.23. The van der Waals surface area contributed by atoms with Crippen molar-refractivity contribution in [1.29, 1.82) is 0 Å². The monoisotopic (exact) mass is 671 g/mol. The van der Waals surface area contributed by atoms with Gasteiger partial charge >= 0.3 is 5.97 Å². The second-order valence-electron chi connectivity index (χ2n) is 12.6. The third-order valence-corrected chi connectivity index (χ3v) is 8.09. The molecule has 0 aromatic heterocycles. The molecule has 10 heteroatoms. The number of carbonyl (C=O) groups excluding carboxylic acids is 3. The van der Waals surface area contributed by atoms with Gasteiger partial charge in [0.2, 0.25) is 5.91 Å². The molecule has 0 saturated carbocycles. The number of unbranched alkanes of at least 4 members (excludes halogenated alkanes) is 16. The van der Waals surface area contributed by atoms with Gasteiger partial charge in [0.05, 0.1) is 33.0 Å². The molecule has 0 bridgehead atoms. The first-order chi connectivity index (χ1) is 23.0. The average molecular weight is 672 g/mol. The summed E-state index contributed by atoms with van der Waals surface area (Å²) in [6.07, 6.45) is 23.2. The van der Waals surface area contributed by atoms with Crippen LogP contribution in [0.15, 0.2) is 0 Å². The molecule has 0 atom stereocenters. The number of ether oxygens (including phenoxy) is 4. The highest BCUT2D eigenvalue weighted by Crippen LogP contribution is 2.14. The maximum absolute atomic E-state index is 12.1. The van der Waals surface area contributed by atoms with E-state index in [1.165, 1.54) is 57.8 Å². The largest absolute Gasteiger partial charge is 0.481 e. The fourth-order valence-corrected chi connectivity index (χ4v) is 5.23. The van der Waals surface area contributed by atoms with Gasteiger partial charge in [0.25, 0.3) is 0 Å². The lowest BCUT2D eigenvalue weighted by molar-refractivity contribution is -0.137. The van der Waals surface area contributed by atoms with E-state index in [4.69, 9.17) is 24.1 Å². The number of aliphatic carboxylic acids is 1. The van der Waals surface area contributed by atoms with Crippen LogP contribution in [0.4, 0.5) is 0 Å². The molecule has 0 unspecified atom stereocenters. The Morgan fingerprint density at radius 1 is 0.447 bits per heavy atom. The lowest BCUT2D eigenvalue weighted by Gasteiger charge is -2.07. The maximum Gasteiger partial charge on any atom is 0.303 e. The number of amides is 1. The van der Waals surface area contributed by atoms with Crippen molar-refractivity contribution in [3.63, 3.8) is 0 Å². The standard InChI is InChI=1S/C37H69NO9/c1-44-29-30-45-27-20-14-16-23-35(40)33-47-32-31-46-28-26-38-36(41)24-19-18-22-34(39)21-15-12-10-8-6-4-2-3-5-7-9-11-13-17-25-37(42)43/h2-33H2,1H3,(H,38,41)(H,42,43). The summed E-state index contributed by atoms with van der Waals surface area (Å²) in [6, 6.07) is 0. The molecule has 1 amide bonds. The first kappa shape index (κ1) is 45.1. The summed E-state index contributed by atoms with van der Waals surface area (Å²) in [4.78, 5) is 46.5. The van der Waals surface area contributed by atoms with E-state index in [9.17, 15) is 19.2 Å². The van der Waals surface area contributed by atoms with Crippen LogP contribution in [-0.2, 0) is 38.1 Å². The molecular weight excluding hydrogens is 602 g/mol. The zero-order valence-corrected chi connectivity index (χ0v) is 29.8. The third kappa shape index (κ3) is 38.4. The Morgan fingerprint density at radius 3 is 1.45 bits per heavy atom. The second-order valence-corrected chi connectivity index (χ2v) is 12.6. The number of rotatable bonds is 39. The van der Waals surface area contributed by atoms with Crippen LogP contribution >= 0.6 is 0 Å². The number of carbonyl (C=O) groups is 4. The number of methoxy groups -OCH3 is 1. The van der Waals surface area contributed by atoms with Crippen LogP contribution < -0.4 is 5.32 Å². The minimum atomic E-state index is -0.686. The van der Waals surface area contributed by atoms with Crippen molar-refractivity contribution in [3.8, 4) is 0 Å². The highest BCUT2D eigenvalue weighted by molar-refractivity contribution is 5.79. The molecule has 10 nitrogen and oxygen atoms in total. The molecule has 0 aliphatic carbocycles. The molecule has 276 valence electrons. The summed E-state index contributed by atoms with van der Waals surface area (Å²) in [6.45, 7) is 3.57. The molecule has 2 N–H and O–H groups in total. The maximum atomic E-state index is 12.1. The van der Waals surface area contributed by atoms with E-state index in [1.807, 2.05) is 0 Å². The first-order valence-electron chi connectivity index (χ1n) is 18.7. The second kappa shape index (κ2) is 36.9. The Morgan fingerprint density at radius 2 is 0.872 bits per heavy atom. The lowest BCUT2D eigenvalue weighted by atomic mass is 10.0. The van der Waals surface area contributed by atoms with Gasteiger partial charge in [-0.05, 0) is 38.5 Å². The summed E-state index contributed by atoms with van der Waals surface area (Å²) in [5.41, 5.74) is 0. The number of hydrogen-bond donors (Lipinski definition) is 2. The van der Waals surface area contributed by atoms with Gasteiger partial charge in [-0.1, -0.05) is 83.5 Å². The Kier molecular flexibility index (Phi) is 35.5. The number of nitrogens with one attached hydrogen (secondary N) is 1. The van der Waals surface area contributed by atoms with Gasteiger partial charge in [-0.15, -0.1) is 0 Å². The summed E-state index contributed by atoms with van der Waals surface area (Å²) >= 11 is 0. The Balaban J connectivity index is 3.33. The van der Waals surface area contributed by atoms with Crippen molar-refractivity contribution in [2.75, 3.05) is 59.9 Å². The zero-order chi connectivity index (χ0) is 34.5. The van der Waals surface area contributed by atoms with Crippen molar-refractivity contribution in [3.05, 3.63) is 0 Å². The smallest absolute Gasteiger partial charge is 0.303 e. The molecule has 0 aromatic carbocycles. The normalized spacial score (nSPS) is 11.2. The summed E-state index contributed by atoms with van der Waals surface area (Å²) in [5.74, 6) is -0.298. The van der Waals surface area contributed by atoms with Crippen molar-refractivity contribution >= 4 is 23.4 Å². The van der Waals surface area contributed by atoms with Crippen molar-refractivity contribution < 1.29 is 43.2 Å². The van der Waals surface area contributed by atoms with Crippen LogP contribution in [0.2, 0.25) is 0 Å². The molecule has 0 saturated heterocycles. The van der Waals surface area contributed by atoms with E-state index in [-0.39, 0.29) is 18.3 Å². The average Bonchev–Trinajstić information content (AvgIpc) is 3.05. The Bertz CT molecular complexity index is 747. The highest BCUT2D eigenvalue weighted by atomic mass is 16.5. The number of carboxylic acid groups (broad SMARTS) is 1. The molecule has 0 aliphatic rings. The van der Waals surface area contributed by atoms with Gasteiger partial charge in [-0.3, -0.25) is 19.2 Å². The Labute approximate surface area is 285 Å². The minimum absolute atomic E-state index is 0.0191. The number of ketones is 2. The van der Waals surface area contributed by atoms with Crippen LogP contribution in [0.5, 0.6) is 0 Å². The number of carboxylic acids is 1. The van der Waals surface area contributed by atoms with Gasteiger partial charge in [0.15, 0.2) is 5.78 Å². The highest BCUT2D eigenvalue weighted by Gasteiger charge is 2.06. The van der Waals surface area contributed by atoms with E-state index < -0.39 is 5.97 Å². The van der Waals surface area contributed by atoms with Crippen LogP contribution in [0.3, 0.4) is 0 Å². The van der Waals surface area contributed by atoms with Crippen molar-refractivity contribution in [1.82, 2.24) is 5.32 Å². The van der Waals surface area contributed by atoms with E-state index in [1.54, 1.807) is 7.11 Å². The summed E-state index contributed by atoms with van der Waals surface area (Å²) in [7, 11) is 1.65. The molecule has 0 fully saturated rings. The molecular formula is C37H69NO9. The minimum Gasteiger partial charge on any atom is -0.481 e. The molecule has 0 rings (SSSR count). The molecule has 47 heavy (non-hydrogen) atoms. The number of hydrogen-bond acceptors (Lipinski definition) is 8. The van der Waals surface area contributed by atoms with Crippen molar-refractivity contribution in [2.45, 2.75) is 154 Å². The topological polar surface area (TPSA) is 137 Å². The predicted octanol–water partition coefficient (Wildman–Crippen LogP) is 7.38. The molecule has 0 spiro atoms. The van der Waals surface area contributed by atoms with Crippen LogP contribution in [-0.4, -0.2) is 88.5 Å². The van der Waals surface area contributed by atoms with Crippen LogP contribution in [0.1, 0.15) is 154 Å². The fraction of sp³-hybridized carbons (Fsp3) is 0.892. The van der Waals surface area contributed by atoms with Gasteiger partial charge in [-0.25, -0.2) is 0 Å². The van der Waals surface area contributed by atoms with Gasteiger partial charge < -0.3 is 29.4 Å². The summed E-state index contributed by atoms with van der Waals surface area (Å²) in [5, 5.41) is 11.5. The number of Topliss-reactive ketones (excluding diaryl/α,β-unsaturated/α-hetero) is 2. The zero-order valence-electron chi connectivity index (χ0n) is 29.8. The molecule has 0 radical (unpaired) electrons. The van der Waals surface area contributed by atoms with E-state index in [0.717, 1.165) is 64.2 Å². The molecule has 0 heterocycles. The van der Waals surface area contributed by atoms with Crippen LogP contribution in [0, 0.1) is 0 Å². The van der Waals surface area contributed by atoms with Gasteiger partial charge in [0.1, 0.15) is 12.4 Å². The quantitative estimate of drug-likeness (QED) is 0.0641.